The van der Waals surface area contributed by atoms with Crippen molar-refractivity contribution in [3.05, 3.63) is 0 Å². The van der Waals surface area contributed by atoms with E-state index in [0.29, 0.717) is 0 Å². The molecule has 0 amide bonds. The molecule has 1 unspecified atom stereocenters. The summed E-state index contributed by atoms with van der Waals surface area (Å²) in [5, 5.41) is 0. The van der Waals surface area contributed by atoms with Crippen molar-refractivity contribution in [1.82, 2.24) is 0 Å². The van der Waals surface area contributed by atoms with E-state index in [1.165, 1.54) is 0 Å². The first-order valence-corrected chi connectivity index (χ1v) is 7.95. The van der Waals surface area contributed by atoms with Crippen LogP contribution in [0.3, 0.4) is 0 Å². The monoisotopic (exact) mass is 244 g/mol. The van der Waals surface area contributed by atoms with Crippen molar-refractivity contribution in [2.75, 3.05) is 33.0 Å². The lowest BCUT2D eigenvalue weighted by atomic mass is 9.77. The molecule has 0 bridgehead atoms. The normalized spacial score (nSPS) is 24.9. The highest BCUT2D eigenvalue weighted by Crippen LogP contribution is 2.39. The highest BCUT2D eigenvalue weighted by molar-refractivity contribution is 6.29. The molecule has 2 aliphatic heterocycles. The van der Waals surface area contributed by atoms with E-state index in [4.69, 9.17) is 13.9 Å². The Morgan fingerprint density at radius 3 is 2.12 bits per heavy atom. The van der Waals surface area contributed by atoms with Gasteiger partial charge in [0.25, 0.3) is 0 Å². The minimum atomic E-state index is -0.370. The molecule has 0 saturated carbocycles. The molecule has 2 rings (SSSR count). The number of hydrogen-bond acceptors (Lipinski definition) is 3. The van der Waals surface area contributed by atoms with Crippen molar-refractivity contribution in [1.29, 1.82) is 0 Å². The van der Waals surface area contributed by atoms with Crippen LogP contribution in [0.25, 0.3) is 0 Å². The molecule has 0 N–H and O–H groups in total. The average molecular weight is 244 g/mol. The molecule has 1 atom stereocenters. The van der Waals surface area contributed by atoms with Gasteiger partial charge in [0.05, 0.1) is 26.4 Å². The van der Waals surface area contributed by atoms with Crippen LogP contribution in [0, 0.1) is 17.8 Å². The largest absolute Gasteiger partial charge is 0.424 e. The first-order chi connectivity index (χ1) is 7.83. The Bertz CT molecular complexity index is 190. The second kappa shape index (κ2) is 6.14. The summed E-state index contributed by atoms with van der Waals surface area (Å²) in [6.07, 6.45) is 1.14. The van der Waals surface area contributed by atoms with Crippen LogP contribution in [0.15, 0.2) is 0 Å². The SMILES string of the molecule is CCCO[SiH2]C(C)C(C1COC1)C1COC1. The van der Waals surface area contributed by atoms with Gasteiger partial charge in [-0.2, -0.15) is 0 Å². The van der Waals surface area contributed by atoms with Crippen LogP contribution in [0.5, 0.6) is 0 Å². The molecule has 2 fully saturated rings. The number of rotatable bonds is 7. The zero-order valence-electron chi connectivity index (χ0n) is 10.5. The zero-order valence-corrected chi connectivity index (χ0v) is 11.9. The van der Waals surface area contributed by atoms with Crippen LogP contribution >= 0.6 is 0 Å². The van der Waals surface area contributed by atoms with Crippen LogP contribution in [0.1, 0.15) is 20.3 Å². The molecule has 0 spiro atoms. The molecule has 3 nitrogen and oxygen atoms in total. The molecule has 0 radical (unpaired) electrons. The summed E-state index contributed by atoms with van der Waals surface area (Å²) in [7, 11) is -0.370. The summed E-state index contributed by atoms with van der Waals surface area (Å²) < 4.78 is 16.5. The van der Waals surface area contributed by atoms with E-state index < -0.39 is 0 Å². The molecular weight excluding hydrogens is 220 g/mol. The van der Waals surface area contributed by atoms with Gasteiger partial charge in [-0.25, -0.2) is 0 Å². The van der Waals surface area contributed by atoms with Crippen molar-refractivity contribution in [2.24, 2.45) is 17.8 Å². The fourth-order valence-electron chi connectivity index (χ4n) is 2.79. The third kappa shape index (κ3) is 2.86. The Morgan fingerprint density at radius 2 is 1.75 bits per heavy atom. The second-order valence-electron chi connectivity index (χ2n) is 5.22. The highest BCUT2D eigenvalue weighted by Gasteiger charge is 2.40. The Morgan fingerprint density at radius 1 is 1.19 bits per heavy atom. The lowest BCUT2D eigenvalue weighted by Crippen LogP contribution is -2.47. The second-order valence-corrected chi connectivity index (χ2v) is 7.25. The van der Waals surface area contributed by atoms with Crippen LogP contribution in [0.2, 0.25) is 5.54 Å². The van der Waals surface area contributed by atoms with E-state index in [1.54, 1.807) is 0 Å². The van der Waals surface area contributed by atoms with Gasteiger partial charge in [0.15, 0.2) is 9.76 Å². The van der Waals surface area contributed by atoms with Gasteiger partial charge in [0, 0.05) is 18.4 Å². The quantitative estimate of drug-likeness (QED) is 0.498. The van der Waals surface area contributed by atoms with Crippen LogP contribution in [-0.2, 0) is 13.9 Å². The molecule has 4 heteroatoms. The van der Waals surface area contributed by atoms with Crippen LogP contribution < -0.4 is 0 Å². The summed E-state index contributed by atoms with van der Waals surface area (Å²) in [5.41, 5.74) is 0.773. The van der Waals surface area contributed by atoms with Gasteiger partial charge in [-0.05, 0) is 17.9 Å². The van der Waals surface area contributed by atoms with Gasteiger partial charge in [0.1, 0.15) is 0 Å². The van der Waals surface area contributed by atoms with Gasteiger partial charge < -0.3 is 13.9 Å². The van der Waals surface area contributed by atoms with Crippen molar-refractivity contribution in [3.63, 3.8) is 0 Å². The maximum absolute atomic E-state index is 5.82. The fourth-order valence-corrected chi connectivity index (χ4v) is 4.61. The van der Waals surface area contributed by atoms with Gasteiger partial charge in [-0.1, -0.05) is 13.8 Å². The van der Waals surface area contributed by atoms with E-state index in [0.717, 1.165) is 62.8 Å². The molecular formula is C12H24O3Si. The third-order valence-corrected chi connectivity index (χ3v) is 5.40. The minimum absolute atomic E-state index is 0.370. The Kier molecular flexibility index (Phi) is 4.82. The van der Waals surface area contributed by atoms with Crippen LogP contribution in [0.4, 0.5) is 0 Å². The predicted octanol–water partition coefficient (Wildman–Crippen LogP) is 1.21. The van der Waals surface area contributed by atoms with Gasteiger partial charge in [-0.15, -0.1) is 0 Å². The topological polar surface area (TPSA) is 27.7 Å². The molecule has 94 valence electrons. The predicted molar refractivity (Wildman–Crippen MR) is 66.3 cm³/mol. The summed E-state index contributed by atoms with van der Waals surface area (Å²) in [6, 6.07) is 0. The molecule has 0 aromatic carbocycles. The van der Waals surface area contributed by atoms with Crippen molar-refractivity contribution in [3.8, 4) is 0 Å². The van der Waals surface area contributed by atoms with Gasteiger partial charge in [-0.3, -0.25) is 0 Å². The maximum atomic E-state index is 5.82. The molecule has 0 aliphatic carbocycles. The lowest BCUT2D eigenvalue weighted by molar-refractivity contribution is -0.129. The third-order valence-electron chi connectivity index (χ3n) is 3.80. The Hall–Kier alpha value is 0.0969. The summed E-state index contributed by atoms with van der Waals surface area (Å²) in [5.74, 6) is 2.36. The summed E-state index contributed by atoms with van der Waals surface area (Å²) >= 11 is 0. The Balaban J connectivity index is 1.79. The molecule has 2 saturated heterocycles. The molecule has 0 aromatic rings. The molecule has 16 heavy (non-hydrogen) atoms. The van der Waals surface area contributed by atoms with Gasteiger partial charge >= 0.3 is 0 Å². The zero-order chi connectivity index (χ0) is 11.4. The first-order valence-electron chi connectivity index (χ1n) is 6.56. The fraction of sp³-hybridized carbons (Fsp3) is 1.00. The molecule has 2 aliphatic rings. The minimum Gasteiger partial charge on any atom is -0.424 e. The first kappa shape index (κ1) is 12.6. The average Bonchev–Trinajstić information content (AvgIpc) is 2.11. The smallest absolute Gasteiger partial charge is 0.164 e. The number of hydrogen-bond donors (Lipinski definition) is 0. The standard InChI is InChI=1S/C12H24O3Si/c1-3-4-15-16-9(2)12(10-5-13-6-10)11-7-14-8-11/h9-12H,3-8,16H2,1-2H3. The van der Waals surface area contributed by atoms with Crippen LogP contribution in [-0.4, -0.2) is 42.8 Å². The van der Waals surface area contributed by atoms with E-state index in [2.05, 4.69) is 13.8 Å². The van der Waals surface area contributed by atoms with E-state index >= 15 is 0 Å². The summed E-state index contributed by atoms with van der Waals surface area (Å²) in [4.78, 5) is 0. The van der Waals surface area contributed by atoms with E-state index in [1.807, 2.05) is 0 Å². The lowest BCUT2D eigenvalue weighted by Gasteiger charge is -2.44. The molecule has 0 aromatic heterocycles. The van der Waals surface area contributed by atoms with Crippen molar-refractivity contribution in [2.45, 2.75) is 25.8 Å². The van der Waals surface area contributed by atoms with E-state index in [-0.39, 0.29) is 9.76 Å². The highest BCUT2D eigenvalue weighted by atomic mass is 28.2. The molecule has 2 heterocycles. The Labute approximate surface area is 101 Å². The van der Waals surface area contributed by atoms with Crippen molar-refractivity contribution < 1.29 is 13.9 Å². The van der Waals surface area contributed by atoms with E-state index in [9.17, 15) is 0 Å². The van der Waals surface area contributed by atoms with Crippen molar-refractivity contribution >= 4 is 9.76 Å². The number of ether oxygens (including phenoxy) is 2. The summed E-state index contributed by atoms with van der Waals surface area (Å²) in [6.45, 7) is 9.37. The van der Waals surface area contributed by atoms with Gasteiger partial charge in [0.2, 0.25) is 0 Å². The maximum Gasteiger partial charge on any atom is 0.164 e.